The molecule has 0 bridgehead atoms. The van der Waals surface area contributed by atoms with Crippen LogP contribution in [0.15, 0.2) is 29.5 Å². The van der Waals surface area contributed by atoms with E-state index in [0.29, 0.717) is 6.10 Å². The van der Waals surface area contributed by atoms with Crippen molar-refractivity contribution in [2.24, 2.45) is 4.99 Å². The van der Waals surface area contributed by atoms with Crippen molar-refractivity contribution in [2.45, 2.75) is 31.9 Å². The zero-order valence-corrected chi connectivity index (χ0v) is 13.5. The molecule has 22 heavy (non-hydrogen) atoms. The Morgan fingerprint density at radius 3 is 2.86 bits per heavy atom. The van der Waals surface area contributed by atoms with Gasteiger partial charge in [0.05, 0.1) is 12.7 Å². The molecule has 0 aliphatic carbocycles. The van der Waals surface area contributed by atoms with Crippen LogP contribution in [0.5, 0.6) is 0 Å². The molecule has 0 saturated carbocycles. The largest absolute Gasteiger partial charge is 0.379 e. The highest BCUT2D eigenvalue weighted by Crippen LogP contribution is 2.11. The van der Waals surface area contributed by atoms with Crippen LogP contribution in [0.1, 0.15) is 19.3 Å². The molecule has 0 amide bonds. The average molecular weight is 308 g/mol. The molecule has 0 aromatic carbocycles. The summed E-state index contributed by atoms with van der Waals surface area (Å²) < 4.78 is 13.3. The first-order valence-corrected chi connectivity index (χ1v) is 8.13. The van der Waals surface area contributed by atoms with Gasteiger partial charge in [0.25, 0.3) is 0 Å². The van der Waals surface area contributed by atoms with E-state index in [1.165, 1.54) is 6.42 Å². The summed E-state index contributed by atoms with van der Waals surface area (Å²) in [4.78, 5) is 4.21. The second kappa shape index (κ2) is 10.2. The van der Waals surface area contributed by atoms with E-state index in [9.17, 15) is 0 Å². The lowest BCUT2D eigenvalue weighted by Crippen LogP contribution is -2.39. The Morgan fingerprint density at radius 2 is 2.14 bits per heavy atom. The normalized spacial score (nSPS) is 18.6. The Kier molecular flexibility index (Phi) is 7.83. The lowest BCUT2D eigenvalue weighted by Gasteiger charge is -2.13. The molecule has 0 radical (unpaired) electrons. The molecule has 1 aliphatic rings. The molecule has 1 unspecified atom stereocenters. The molecule has 124 valence electrons. The van der Waals surface area contributed by atoms with Crippen LogP contribution in [0.4, 0.5) is 0 Å². The fourth-order valence-corrected chi connectivity index (χ4v) is 2.41. The van der Waals surface area contributed by atoms with E-state index >= 15 is 0 Å². The SMILES string of the molecule is CN=C(NCCCOCC1CCCO1)NCCn1cccc1. The lowest BCUT2D eigenvalue weighted by molar-refractivity contribution is 0.0168. The monoisotopic (exact) mass is 308 g/mol. The second-order valence-electron chi connectivity index (χ2n) is 5.41. The molecule has 1 saturated heterocycles. The lowest BCUT2D eigenvalue weighted by atomic mass is 10.2. The average Bonchev–Trinajstić information content (AvgIpc) is 3.22. The summed E-state index contributed by atoms with van der Waals surface area (Å²) in [6.45, 7) is 5.01. The zero-order valence-electron chi connectivity index (χ0n) is 13.5. The fraction of sp³-hybridized carbons (Fsp3) is 0.688. The number of nitrogens with one attached hydrogen (secondary N) is 2. The molecule has 1 aromatic heterocycles. The number of ether oxygens (including phenoxy) is 2. The van der Waals surface area contributed by atoms with Gasteiger partial charge >= 0.3 is 0 Å². The maximum absolute atomic E-state index is 5.63. The molecule has 1 aromatic rings. The molecule has 6 heteroatoms. The molecular weight excluding hydrogens is 280 g/mol. The van der Waals surface area contributed by atoms with Crippen LogP contribution in [-0.2, 0) is 16.0 Å². The molecule has 6 nitrogen and oxygen atoms in total. The predicted molar refractivity (Wildman–Crippen MR) is 88.2 cm³/mol. The number of hydrogen-bond donors (Lipinski definition) is 2. The summed E-state index contributed by atoms with van der Waals surface area (Å²) in [6.07, 6.45) is 7.70. The highest BCUT2D eigenvalue weighted by molar-refractivity contribution is 5.79. The van der Waals surface area contributed by atoms with Crippen LogP contribution in [0, 0.1) is 0 Å². The van der Waals surface area contributed by atoms with Crippen molar-refractivity contribution in [3.63, 3.8) is 0 Å². The number of aliphatic imine (C=N–C) groups is 1. The van der Waals surface area contributed by atoms with Crippen LogP contribution in [-0.4, -0.2) is 56.6 Å². The fourth-order valence-electron chi connectivity index (χ4n) is 2.41. The maximum atomic E-state index is 5.63. The Balaban J connectivity index is 1.45. The van der Waals surface area contributed by atoms with Crippen molar-refractivity contribution in [1.29, 1.82) is 0 Å². The molecule has 2 rings (SSSR count). The van der Waals surface area contributed by atoms with Gasteiger partial charge in [0.1, 0.15) is 0 Å². The Morgan fingerprint density at radius 1 is 1.32 bits per heavy atom. The summed E-state index contributed by atoms with van der Waals surface area (Å²) >= 11 is 0. The minimum atomic E-state index is 0.316. The van der Waals surface area contributed by atoms with Gasteiger partial charge < -0.3 is 24.7 Å². The van der Waals surface area contributed by atoms with E-state index < -0.39 is 0 Å². The van der Waals surface area contributed by atoms with Crippen molar-refractivity contribution in [3.05, 3.63) is 24.5 Å². The first-order chi connectivity index (χ1) is 10.9. The first-order valence-electron chi connectivity index (χ1n) is 8.13. The molecule has 1 atom stereocenters. The van der Waals surface area contributed by atoms with Crippen LogP contribution >= 0.6 is 0 Å². The van der Waals surface area contributed by atoms with Crippen molar-refractivity contribution in [1.82, 2.24) is 15.2 Å². The first kappa shape index (κ1) is 16.8. The predicted octanol–water partition coefficient (Wildman–Crippen LogP) is 1.24. The third-order valence-corrected chi connectivity index (χ3v) is 3.64. The van der Waals surface area contributed by atoms with Crippen molar-refractivity contribution in [2.75, 3.05) is 40.0 Å². The summed E-state index contributed by atoms with van der Waals surface area (Å²) in [6, 6.07) is 4.06. The highest BCUT2D eigenvalue weighted by Gasteiger charge is 2.14. The van der Waals surface area contributed by atoms with E-state index in [1.54, 1.807) is 7.05 Å². The van der Waals surface area contributed by atoms with E-state index in [-0.39, 0.29) is 0 Å². The maximum Gasteiger partial charge on any atom is 0.191 e. The van der Waals surface area contributed by atoms with E-state index in [2.05, 4.69) is 32.6 Å². The quantitative estimate of drug-likeness (QED) is 0.409. The summed E-state index contributed by atoms with van der Waals surface area (Å²) in [5.41, 5.74) is 0. The molecule has 0 spiro atoms. The van der Waals surface area contributed by atoms with Crippen LogP contribution < -0.4 is 10.6 Å². The van der Waals surface area contributed by atoms with Crippen LogP contribution in [0.25, 0.3) is 0 Å². The Labute approximate surface area is 132 Å². The number of guanidine groups is 1. The molecule has 2 N–H and O–H groups in total. The molecule has 1 aliphatic heterocycles. The van der Waals surface area contributed by atoms with E-state index in [0.717, 1.165) is 58.3 Å². The van der Waals surface area contributed by atoms with Gasteiger partial charge in [0.2, 0.25) is 0 Å². The summed E-state index contributed by atoms with van der Waals surface area (Å²) in [5.74, 6) is 0.839. The van der Waals surface area contributed by atoms with Crippen LogP contribution in [0.2, 0.25) is 0 Å². The summed E-state index contributed by atoms with van der Waals surface area (Å²) in [5, 5.41) is 6.60. The zero-order chi connectivity index (χ0) is 15.5. The Hall–Kier alpha value is -1.53. The molecule has 1 fully saturated rings. The Bertz CT molecular complexity index is 414. The van der Waals surface area contributed by atoms with Gasteiger partial charge in [-0.15, -0.1) is 0 Å². The van der Waals surface area contributed by atoms with Crippen molar-refractivity contribution >= 4 is 5.96 Å². The molecule has 2 heterocycles. The minimum absolute atomic E-state index is 0.316. The topological polar surface area (TPSA) is 59.8 Å². The smallest absolute Gasteiger partial charge is 0.191 e. The van der Waals surface area contributed by atoms with Crippen molar-refractivity contribution < 1.29 is 9.47 Å². The third kappa shape index (κ3) is 6.49. The number of hydrogen-bond acceptors (Lipinski definition) is 3. The van der Waals surface area contributed by atoms with Crippen LogP contribution in [0.3, 0.4) is 0 Å². The number of rotatable bonds is 9. The standard InChI is InChI=1S/C16H28N4O2/c1-17-16(19-8-11-20-9-2-3-10-20)18-7-5-12-21-14-15-6-4-13-22-15/h2-3,9-10,15H,4-8,11-14H2,1H3,(H2,17,18,19). The second-order valence-corrected chi connectivity index (χ2v) is 5.41. The van der Waals surface area contributed by atoms with Gasteiger partial charge in [-0.3, -0.25) is 4.99 Å². The molecular formula is C16H28N4O2. The third-order valence-electron chi connectivity index (χ3n) is 3.64. The van der Waals surface area contributed by atoms with Gasteiger partial charge in [-0.25, -0.2) is 0 Å². The van der Waals surface area contributed by atoms with Gasteiger partial charge in [-0.05, 0) is 31.4 Å². The highest BCUT2D eigenvalue weighted by atomic mass is 16.5. The van der Waals surface area contributed by atoms with Gasteiger partial charge in [-0.1, -0.05) is 0 Å². The number of nitrogens with zero attached hydrogens (tertiary/aromatic N) is 2. The number of aromatic nitrogens is 1. The van der Waals surface area contributed by atoms with Crippen molar-refractivity contribution in [3.8, 4) is 0 Å². The van der Waals surface area contributed by atoms with Gasteiger partial charge in [-0.2, -0.15) is 0 Å². The van der Waals surface area contributed by atoms with E-state index in [1.807, 2.05) is 12.1 Å². The summed E-state index contributed by atoms with van der Waals surface area (Å²) in [7, 11) is 1.79. The minimum Gasteiger partial charge on any atom is -0.379 e. The van der Waals surface area contributed by atoms with E-state index in [4.69, 9.17) is 9.47 Å². The van der Waals surface area contributed by atoms with Gasteiger partial charge in [0, 0.05) is 52.3 Å². The van der Waals surface area contributed by atoms with Gasteiger partial charge in [0.15, 0.2) is 5.96 Å².